The minimum atomic E-state index is -0.270. The van der Waals surface area contributed by atoms with Gasteiger partial charge in [0.1, 0.15) is 0 Å². The fraction of sp³-hybridized carbons (Fsp3) is 0.222. The molecule has 1 aliphatic rings. The van der Waals surface area contributed by atoms with Gasteiger partial charge in [-0.2, -0.15) is 0 Å². The molecule has 0 unspecified atom stereocenters. The van der Waals surface area contributed by atoms with Crippen molar-refractivity contribution in [3.8, 4) is 0 Å². The van der Waals surface area contributed by atoms with Crippen LogP contribution in [0.15, 0.2) is 48.5 Å². The number of rotatable bonds is 3. The molecule has 124 valence electrons. The number of amides is 2. The number of carbonyl (C=O) groups excluding carboxylic acids is 2. The Kier molecular flexibility index (Phi) is 5.13. The van der Waals surface area contributed by atoms with Gasteiger partial charge in [-0.05, 0) is 36.4 Å². The molecule has 1 N–H and O–H groups in total. The fourth-order valence-corrected chi connectivity index (χ4v) is 2.70. The first-order valence-corrected chi connectivity index (χ1v) is 8.05. The SMILES string of the molecule is O=C(Nc1cccc(C(=O)N2CCOCC2)c1)c1cccc(Cl)c1. The molecule has 5 nitrogen and oxygen atoms in total. The largest absolute Gasteiger partial charge is 0.378 e. The lowest BCUT2D eigenvalue weighted by Crippen LogP contribution is -2.40. The van der Waals surface area contributed by atoms with Crippen molar-refractivity contribution in [3.63, 3.8) is 0 Å². The maximum Gasteiger partial charge on any atom is 0.255 e. The van der Waals surface area contributed by atoms with Crippen molar-refractivity contribution in [3.05, 3.63) is 64.7 Å². The fourth-order valence-electron chi connectivity index (χ4n) is 2.51. The molecule has 6 heteroatoms. The lowest BCUT2D eigenvalue weighted by Gasteiger charge is -2.27. The summed E-state index contributed by atoms with van der Waals surface area (Å²) in [5, 5.41) is 3.29. The van der Waals surface area contributed by atoms with Crippen LogP contribution >= 0.6 is 11.6 Å². The maximum atomic E-state index is 12.5. The van der Waals surface area contributed by atoms with E-state index in [0.717, 1.165) is 0 Å². The van der Waals surface area contributed by atoms with E-state index >= 15 is 0 Å². The number of ether oxygens (including phenoxy) is 1. The van der Waals surface area contributed by atoms with Gasteiger partial charge in [-0.1, -0.05) is 23.7 Å². The summed E-state index contributed by atoms with van der Waals surface area (Å²) in [6, 6.07) is 13.6. The molecule has 24 heavy (non-hydrogen) atoms. The van der Waals surface area contributed by atoms with Crippen LogP contribution in [0.2, 0.25) is 5.02 Å². The van der Waals surface area contributed by atoms with Crippen molar-refractivity contribution < 1.29 is 14.3 Å². The minimum Gasteiger partial charge on any atom is -0.378 e. The second-order valence-electron chi connectivity index (χ2n) is 5.45. The highest BCUT2D eigenvalue weighted by Crippen LogP contribution is 2.16. The van der Waals surface area contributed by atoms with Crippen molar-refractivity contribution >= 4 is 29.1 Å². The maximum absolute atomic E-state index is 12.5. The van der Waals surface area contributed by atoms with Gasteiger partial charge in [0, 0.05) is 34.9 Å². The van der Waals surface area contributed by atoms with Crippen LogP contribution in [0.4, 0.5) is 5.69 Å². The molecule has 0 aliphatic carbocycles. The number of halogens is 1. The summed E-state index contributed by atoms with van der Waals surface area (Å²) in [6.45, 7) is 2.27. The summed E-state index contributed by atoms with van der Waals surface area (Å²) in [6.07, 6.45) is 0. The number of morpholine rings is 1. The Morgan fingerprint density at radius 1 is 1.00 bits per heavy atom. The Labute approximate surface area is 145 Å². The van der Waals surface area contributed by atoms with E-state index in [9.17, 15) is 9.59 Å². The molecule has 0 saturated carbocycles. The molecule has 1 heterocycles. The summed E-state index contributed by atoms with van der Waals surface area (Å²) in [5.41, 5.74) is 1.58. The van der Waals surface area contributed by atoms with Crippen LogP contribution in [-0.2, 0) is 4.74 Å². The van der Waals surface area contributed by atoms with Crippen LogP contribution in [-0.4, -0.2) is 43.0 Å². The molecule has 1 fully saturated rings. The first-order chi connectivity index (χ1) is 11.6. The van der Waals surface area contributed by atoms with E-state index < -0.39 is 0 Å². The van der Waals surface area contributed by atoms with E-state index in [1.54, 1.807) is 53.4 Å². The molecular weight excluding hydrogens is 328 g/mol. The molecule has 0 spiro atoms. The van der Waals surface area contributed by atoms with E-state index in [0.29, 0.717) is 48.1 Å². The lowest BCUT2D eigenvalue weighted by atomic mass is 10.1. The molecule has 1 saturated heterocycles. The molecule has 0 atom stereocenters. The van der Waals surface area contributed by atoms with Gasteiger partial charge in [0.25, 0.3) is 11.8 Å². The molecule has 2 aromatic rings. The highest BCUT2D eigenvalue weighted by atomic mass is 35.5. The molecule has 2 aromatic carbocycles. The van der Waals surface area contributed by atoms with E-state index in [1.807, 2.05) is 0 Å². The van der Waals surface area contributed by atoms with Crippen molar-refractivity contribution in [1.82, 2.24) is 4.90 Å². The monoisotopic (exact) mass is 344 g/mol. The van der Waals surface area contributed by atoms with Crippen LogP contribution in [0.3, 0.4) is 0 Å². The Morgan fingerprint density at radius 2 is 1.71 bits per heavy atom. The summed E-state index contributed by atoms with van der Waals surface area (Å²) >= 11 is 5.90. The average molecular weight is 345 g/mol. The second kappa shape index (κ2) is 7.47. The Morgan fingerprint density at radius 3 is 2.46 bits per heavy atom. The summed E-state index contributed by atoms with van der Waals surface area (Å²) in [5.74, 6) is -0.328. The molecule has 2 amide bonds. The second-order valence-corrected chi connectivity index (χ2v) is 5.89. The number of hydrogen-bond acceptors (Lipinski definition) is 3. The topological polar surface area (TPSA) is 58.6 Å². The van der Waals surface area contributed by atoms with E-state index in [1.165, 1.54) is 0 Å². The first-order valence-electron chi connectivity index (χ1n) is 7.67. The molecule has 0 aromatic heterocycles. The van der Waals surface area contributed by atoms with Gasteiger partial charge < -0.3 is 15.0 Å². The van der Waals surface area contributed by atoms with Gasteiger partial charge in [0.05, 0.1) is 13.2 Å². The minimum absolute atomic E-state index is 0.0582. The normalized spacial score (nSPS) is 14.3. The highest BCUT2D eigenvalue weighted by Gasteiger charge is 2.18. The van der Waals surface area contributed by atoms with Crippen LogP contribution in [0.25, 0.3) is 0 Å². The zero-order valence-corrected chi connectivity index (χ0v) is 13.8. The molecule has 0 bridgehead atoms. The number of hydrogen-bond donors (Lipinski definition) is 1. The number of benzene rings is 2. The Hall–Kier alpha value is -2.37. The number of nitrogens with one attached hydrogen (secondary N) is 1. The van der Waals surface area contributed by atoms with Crippen molar-refractivity contribution in [2.24, 2.45) is 0 Å². The number of nitrogens with zero attached hydrogens (tertiary/aromatic N) is 1. The average Bonchev–Trinajstić information content (AvgIpc) is 2.62. The molecule has 3 rings (SSSR count). The smallest absolute Gasteiger partial charge is 0.255 e. The zero-order chi connectivity index (χ0) is 16.9. The zero-order valence-electron chi connectivity index (χ0n) is 13.0. The van der Waals surface area contributed by atoms with Crippen molar-refractivity contribution in [1.29, 1.82) is 0 Å². The summed E-state index contributed by atoms with van der Waals surface area (Å²) in [4.78, 5) is 26.5. The number of anilines is 1. The number of carbonyl (C=O) groups is 2. The summed E-state index contributed by atoms with van der Waals surface area (Å²) in [7, 11) is 0. The molecule has 0 radical (unpaired) electrons. The van der Waals surface area contributed by atoms with Crippen molar-refractivity contribution in [2.75, 3.05) is 31.6 Å². The molecular formula is C18H17ClN2O3. The van der Waals surface area contributed by atoms with Crippen LogP contribution in [0.5, 0.6) is 0 Å². The van der Waals surface area contributed by atoms with Crippen molar-refractivity contribution in [2.45, 2.75) is 0 Å². The van der Waals surface area contributed by atoms with Gasteiger partial charge >= 0.3 is 0 Å². The Balaban J connectivity index is 1.73. The predicted molar refractivity (Wildman–Crippen MR) is 92.6 cm³/mol. The van der Waals surface area contributed by atoms with Gasteiger partial charge in [-0.25, -0.2) is 0 Å². The molecule has 1 aliphatic heterocycles. The first kappa shape index (κ1) is 16.5. The predicted octanol–water partition coefficient (Wildman–Crippen LogP) is 3.06. The Bertz CT molecular complexity index is 757. The van der Waals surface area contributed by atoms with Crippen LogP contribution in [0, 0.1) is 0 Å². The van der Waals surface area contributed by atoms with Gasteiger partial charge in [-0.15, -0.1) is 0 Å². The standard InChI is InChI=1S/C18H17ClN2O3/c19-15-5-1-3-13(11-15)17(22)20-16-6-2-4-14(12-16)18(23)21-7-9-24-10-8-21/h1-6,11-12H,7-10H2,(H,20,22). The quantitative estimate of drug-likeness (QED) is 0.931. The van der Waals surface area contributed by atoms with Crippen LogP contribution in [0.1, 0.15) is 20.7 Å². The van der Waals surface area contributed by atoms with Gasteiger partial charge in [0.2, 0.25) is 0 Å². The van der Waals surface area contributed by atoms with Gasteiger partial charge in [0.15, 0.2) is 0 Å². The van der Waals surface area contributed by atoms with Crippen LogP contribution < -0.4 is 5.32 Å². The highest BCUT2D eigenvalue weighted by molar-refractivity contribution is 6.31. The van der Waals surface area contributed by atoms with E-state index in [4.69, 9.17) is 16.3 Å². The van der Waals surface area contributed by atoms with Gasteiger partial charge in [-0.3, -0.25) is 9.59 Å². The third kappa shape index (κ3) is 3.93. The van der Waals surface area contributed by atoms with E-state index in [2.05, 4.69) is 5.32 Å². The van der Waals surface area contributed by atoms with E-state index in [-0.39, 0.29) is 11.8 Å². The third-order valence-corrected chi connectivity index (χ3v) is 3.99. The third-order valence-electron chi connectivity index (χ3n) is 3.75. The summed E-state index contributed by atoms with van der Waals surface area (Å²) < 4.78 is 5.26. The lowest BCUT2D eigenvalue weighted by molar-refractivity contribution is 0.0303.